The lowest BCUT2D eigenvalue weighted by molar-refractivity contribution is 0.195. The highest BCUT2D eigenvalue weighted by Crippen LogP contribution is 2.25. The SMILES string of the molecule is Clc1ccc(-c2cc(CN3CCCC3Cn3cncn3)on2)cc1. The molecule has 0 spiro atoms. The van der Waals surface area contributed by atoms with Crippen LogP contribution in [0.4, 0.5) is 0 Å². The van der Waals surface area contributed by atoms with Crippen LogP contribution in [0.2, 0.25) is 5.02 Å². The molecule has 1 fully saturated rings. The van der Waals surface area contributed by atoms with Crippen molar-refractivity contribution in [1.29, 1.82) is 0 Å². The Morgan fingerprint density at radius 2 is 2.12 bits per heavy atom. The Kier molecular flexibility index (Phi) is 4.32. The van der Waals surface area contributed by atoms with E-state index >= 15 is 0 Å². The van der Waals surface area contributed by atoms with Crippen molar-refractivity contribution in [3.05, 3.63) is 53.8 Å². The molecule has 0 N–H and O–H groups in total. The molecule has 0 amide bonds. The summed E-state index contributed by atoms with van der Waals surface area (Å²) < 4.78 is 7.43. The molecule has 1 aromatic carbocycles. The van der Waals surface area contributed by atoms with Gasteiger partial charge in [-0.1, -0.05) is 28.9 Å². The number of nitrogens with zero attached hydrogens (tertiary/aromatic N) is 5. The highest BCUT2D eigenvalue weighted by molar-refractivity contribution is 6.30. The quantitative estimate of drug-likeness (QED) is 0.711. The Morgan fingerprint density at radius 3 is 2.92 bits per heavy atom. The van der Waals surface area contributed by atoms with Crippen LogP contribution >= 0.6 is 11.6 Å². The Labute approximate surface area is 145 Å². The van der Waals surface area contributed by atoms with Crippen LogP contribution in [0.3, 0.4) is 0 Å². The summed E-state index contributed by atoms with van der Waals surface area (Å²) in [7, 11) is 0. The predicted molar refractivity (Wildman–Crippen MR) is 90.4 cm³/mol. The topological polar surface area (TPSA) is 60.0 Å². The predicted octanol–water partition coefficient (Wildman–Crippen LogP) is 3.25. The largest absolute Gasteiger partial charge is 0.359 e. The fourth-order valence-electron chi connectivity index (χ4n) is 3.20. The van der Waals surface area contributed by atoms with Crippen LogP contribution < -0.4 is 0 Å². The van der Waals surface area contributed by atoms with Crippen molar-refractivity contribution in [3.8, 4) is 11.3 Å². The standard InChI is InChI=1S/C17H18ClN5O/c18-14-5-3-13(4-6-14)17-8-16(24-21-17)10-22-7-1-2-15(22)9-23-12-19-11-20-23/h3-6,8,11-12,15H,1-2,7,9-10H2. The smallest absolute Gasteiger partial charge is 0.151 e. The molecule has 2 aromatic heterocycles. The summed E-state index contributed by atoms with van der Waals surface area (Å²) in [5.74, 6) is 0.880. The Hall–Kier alpha value is -2.18. The minimum Gasteiger partial charge on any atom is -0.359 e. The van der Waals surface area contributed by atoms with E-state index in [1.165, 1.54) is 6.42 Å². The number of likely N-dealkylation sites (tertiary alicyclic amines) is 1. The van der Waals surface area contributed by atoms with Crippen molar-refractivity contribution in [3.63, 3.8) is 0 Å². The van der Waals surface area contributed by atoms with Crippen molar-refractivity contribution in [2.75, 3.05) is 6.54 Å². The maximum atomic E-state index is 5.93. The molecule has 1 atom stereocenters. The first-order valence-electron chi connectivity index (χ1n) is 8.06. The third-order valence-electron chi connectivity index (χ3n) is 4.42. The molecule has 1 saturated heterocycles. The maximum Gasteiger partial charge on any atom is 0.151 e. The molecular weight excluding hydrogens is 326 g/mol. The molecule has 3 heterocycles. The second-order valence-corrected chi connectivity index (χ2v) is 6.51. The Bertz CT molecular complexity index is 784. The molecule has 0 bridgehead atoms. The Balaban J connectivity index is 1.44. The molecule has 0 radical (unpaired) electrons. The van der Waals surface area contributed by atoms with Gasteiger partial charge in [-0.25, -0.2) is 4.98 Å². The average molecular weight is 344 g/mol. The van der Waals surface area contributed by atoms with E-state index in [1.807, 2.05) is 35.0 Å². The lowest BCUT2D eigenvalue weighted by atomic mass is 10.1. The molecule has 0 saturated carbocycles. The number of rotatable bonds is 5. The summed E-state index contributed by atoms with van der Waals surface area (Å²) in [6, 6.07) is 10.1. The summed E-state index contributed by atoms with van der Waals surface area (Å²) >= 11 is 5.93. The van der Waals surface area contributed by atoms with Gasteiger partial charge < -0.3 is 4.52 Å². The monoisotopic (exact) mass is 343 g/mol. The van der Waals surface area contributed by atoms with E-state index in [-0.39, 0.29) is 0 Å². The Morgan fingerprint density at radius 1 is 1.25 bits per heavy atom. The van der Waals surface area contributed by atoms with Gasteiger partial charge >= 0.3 is 0 Å². The molecule has 7 heteroatoms. The van der Waals surface area contributed by atoms with Crippen LogP contribution in [0.1, 0.15) is 18.6 Å². The molecule has 1 aliphatic rings. The van der Waals surface area contributed by atoms with Crippen molar-refractivity contribution in [2.24, 2.45) is 0 Å². The lowest BCUT2D eigenvalue weighted by Gasteiger charge is -2.22. The van der Waals surface area contributed by atoms with Crippen LogP contribution in [0.15, 0.2) is 47.5 Å². The molecule has 24 heavy (non-hydrogen) atoms. The zero-order chi connectivity index (χ0) is 16.4. The molecule has 6 nitrogen and oxygen atoms in total. The number of halogens is 1. The van der Waals surface area contributed by atoms with Gasteiger partial charge in [0.05, 0.1) is 13.1 Å². The molecule has 4 rings (SSSR count). The van der Waals surface area contributed by atoms with E-state index in [9.17, 15) is 0 Å². The first kappa shape index (κ1) is 15.4. The second kappa shape index (κ2) is 6.75. The van der Waals surface area contributed by atoms with Gasteiger partial charge in [0.15, 0.2) is 5.76 Å². The lowest BCUT2D eigenvalue weighted by Crippen LogP contribution is -2.32. The molecule has 124 valence electrons. The van der Waals surface area contributed by atoms with Gasteiger partial charge in [-0.2, -0.15) is 5.10 Å². The van der Waals surface area contributed by atoms with Crippen LogP contribution in [0.25, 0.3) is 11.3 Å². The van der Waals surface area contributed by atoms with Gasteiger partial charge in [0.1, 0.15) is 18.3 Å². The van der Waals surface area contributed by atoms with Gasteiger partial charge in [0.2, 0.25) is 0 Å². The van der Waals surface area contributed by atoms with Crippen LogP contribution in [0.5, 0.6) is 0 Å². The van der Waals surface area contributed by atoms with Gasteiger partial charge in [0, 0.05) is 22.7 Å². The van der Waals surface area contributed by atoms with Crippen LogP contribution in [-0.2, 0) is 13.1 Å². The fourth-order valence-corrected chi connectivity index (χ4v) is 3.32. The van der Waals surface area contributed by atoms with Crippen LogP contribution in [0, 0.1) is 0 Å². The molecular formula is C17H18ClN5O. The molecule has 0 aliphatic carbocycles. The zero-order valence-electron chi connectivity index (χ0n) is 13.2. The van der Waals surface area contributed by atoms with Gasteiger partial charge in [-0.3, -0.25) is 9.58 Å². The maximum absolute atomic E-state index is 5.93. The minimum atomic E-state index is 0.454. The molecule has 1 unspecified atom stereocenters. The van der Waals surface area contributed by atoms with Crippen molar-refractivity contribution < 1.29 is 4.52 Å². The van der Waals surface area contributed by atoms with E-state index in [1.54, 1.807) is 12.7 Å². The zero-order valence-corrected chi connectivity index (χ0v) is 13.9. The van der Waals surface area contributed by atoms with E-state index in [4.69, 9.17) is 16.1 Å². The number of aromatic nitrogens is 4. The highest BCUT2D eigenvalue weighted by Gasteiger charge is 2.26. The summed E-state index contributed by atoms with van der Waals surface area (Å²) in [5.41, 5.74) is 1.85. The third-order valence-corrected chi connectivity index (χ3v) is 4.67. The summed E-state index contributed by atoms with van der Waals surface area (Å²) in [5, 5.41) is 9.11. The second-order valence-electron chi connectivity index (χ2n) is 6.07. The highest BCUT2D eigenvalue weighted by atomic mass is 35.5. The van der Waals surface area contributed by atoms with Gasteiger partial charge in [-0.15, -0.1) is 0 Å². The van der Waals surface area contributed by atoms with E-state index in [2.05, 4.69) is 20.1 Å². The van der Waals surface area contributed by atoms with Crippen molar-refractivity contribution in [1.82, 2.24) is 24.8 Å². The van der Waals surface area contributed by atoms with E-state index < -0.39 is 0 Å². The molecule has 1 aliphatic heterocycles. The number of hydrogen-bond acceptors (Lipinski definition) is 5. The number of hydrogen-bond donors (Lipinski definition) is 0. The number of benzene rings is 1. The van der Waals surface area contributed by atoms with E-state index in [0.717, 1.165) is 48.1 Å². The third kappa shape index (κ3) is 3.34. The summed E-state index contributed by atoms with van der Waals surface area (Å²) in [6.07, 6.45) is 5.70. The average Bonchev–Trinajstić information content (AvgIpc) is 3.32. The van der Waals surface area contributed by atoms with E-state index in [0.29, 0.717) is 6.04 Å². The normalized spacial score (nSPS) is 18.3. The first-order valence-corrected chi connectivity index (χ1v) is 8.44. The first-order chi connectivity index (χ1) is 11.8. The van der Waals surface area contributed by atoms with Gasteiger partial charge in [-0.05, 0) is 31.5 Å². The summed E-state index contributed by atoms with van der Waals surface area (Å²) in [6.45, 7) is 2.69. The van der Waals surface area contributed by atoms with Crippen molar-refractivity contribution in [2.45, 2.75) is 32.0 Å². The van der Waals surface area contributed by atoms with Crippen molar-refractivity contribution >= 4 is 11.6 Å². The van der Waals surface area contributed by atoms with Gasteiger partial charge in [0.25, 0.3) is 0 Å². The fraction of sp³-hybridized carbons (Fsp3) is 0.353. The minimum absolute atomic E-state index is 0.454. The van der Waals surface area contributed by atoms with Crippen LogP contribution in [-0.4, -0.2) is 37.4 Å². The molecule has 3 aromatic rings. The summed E-state index contributed by atoms with van der Waals surface area (Å²) in [4.78, 5) is 6.44.